The summed E-state index contributed by atoms with van der Waals surface area (Å²) < 4.78 is 27.5. The van der Waals surface area contributed by atoms with Gasteiger partial charge in [-0.3, -0.25) is 0 Å². The first-order valence-electron chi connectivity index (χ1n) is 4.33. The fraction of sp³-hybridized carbons (Fsp3) is 0.625. The number of carbonyl (C=O) groups excluding carboxylic acids is 1. The molecule has 0 aliphatic carbocycles. The highest BCUT2D eigenvalue weighted by atomic mass is 28.4. The first kappa shape index (κ1) is 13.3. The predicted molar refractivity (Wildman–Crippen MR) is 51.3 cm³/mol. The van der Waals surface area contributed by atoms with Crippen molar-refractivity contribution in [3.63, 3.8) is 0 Å². The molecule has 0 aromatic rings. The van der Waals surface area contributed by atoms with E-state index in [1.54, 1.807) is 13.8 Å². The van der Waals surface area contributed by atoms with E-state index in [1.807, 2.05) is 0 Å². The Morgan fingerprint density at radius 2 is 1.93 bits per heavy atom. The summed E-state index contributed by atoms with van der Waals surface area (Å²) in [5, 5.41) is 0. The summed E-state index contributed by atoms with van der Waals surface area (Å²) in [7, 11) is -3.44. The molecule has 0 fully saturated rings. The lowest BCUT2D eigenvalue weighted by molar-refractivity contribution is -0.134. The van der Waals surface area contributed by atoms with Crippen molar-refractivity contribution in [2.45, 2.75) is 13.8 Å². The molecule has 6 heteroatoms. The lowest BCUT2D eigenvalue weighted by Gasteiger charge is -2.24. The molecular formula is C8H15FO4Si. The molecule has 0 rings (SSSR count). The van der Waals surface area contributed by atoms with Gasteiger partial charge in [0.1, 0.15) is 0 Å². The van der Waals surface area contributed by atoms with E-state index in [4.69, 9.17) is 13.3 Å². The minimum atomic E-state index is -3.44. The van der Waals surface area contributed by atoms with Crippen molar-refractivity contribution in [3.8, 4) is 0 Å². The average Bonchev–Trinajstić information content (AvgIpc) is 2.18. The fourth-order valence-corrected chi connectivity index (χ4v) is 2.52. The van der Waals surface area contributed by atoms with Crippen molar-refractivity contribution in [2.75, 3.05) is 19.5 Å². The van der Waals surface area contributed by atoms with E-state index in [0.717, 1.165) is 6.08 Å². The SMILES string of the molecule is C=CC(=O)O[Si](CF)(OCC)OCC. The second kappa shape index (κ2) is 6.69. The smallest absolute Gasteiger partial charge is 0.469 e. The van der Waals surface area contributed by atoms with E-state index < -0.39 is 21.1 Å². The molecule has 4 nitrogen and oxygen atoms in total. The molecule has 0 saturated carbocycles. The van der Waals surface area contributed by atoms with Crippen LogP contribution in [0.25, 0.3) is 0 Å². The van der Waals surface area contributed by atoms with Crippen LogP contribution in [0.5, 0.6) is 0 Å². The van der Waals surface area contributed by atoms with Crippen molar-refractivity contribution in [1.82, 2.24) is 0 Å². The molecule has 0 heterocycles. The van der Waals surface area contributed by atoms with Crippen LogP contribution >= 0.6 is 0 Å². The lowest BCUT2D eigenvalue weighted by Crippen LogP contribution is -2.50. The van der Waals surface area contributed by atoms with Gasteiger partial charge < -0.3 is 13.3 Å². The minimum Gasteiger partial charge on any atom is -0.469 e. The van der Waals surface area contributed by atoms with E-state index in [0.29, 0.717) is 0 Å². The number of rotatable bonds is 7. The Morgan fingerprint density at radius 3 is 2.21 bits per heavy atom. The second-order valence-corrected chi connectivity index (χ2v) is 4.72. The monoisotopic (exact) mass is 222 g/mol. The Bertz CT molecular complexity index is 192. The normalized spacial score (nSPS) is 11.1. The van der Waals surface area contributed by atoms with E-state index in [9.17, 15) is 9.18 Å². The molecule has 0 saturated heterocycles. The molecule has 0 aliphatic rings. The summed E-state index contributed by atoms with van der Waals surface area (Å²) in [6.07, 6.45) is 0.0315. The van der Waals surface area contributed by atoms with Crippen molar-refractivity contribution in [3.05, 3.63) is 12.7 Å². The summed E-state index contributed by atoms with van der Waals surface area (Å²) in [6, 6.07) is 0. The predicted octanol–water partition coefficient (Wildman–Crippen LogP) is 1.24. The van der Waals surface area contributed by atoms with Crippen LogP contribution in [0.2, 0.25) is 0 Å². The van der Waals surface area contributed by atoms with Gasteiger partial charge in [0.25, 0.3) is 0 Å². The molecule has 82 valence electrons. The highest BCUT2D eigenvalue weighted by Crippen LogP contribution is 2.11. The maximum atomic E-state index is 12.7. The quantitative estimate of drug-likeness (QED) is 0.480. The molecule has 0 bridgehead atoms. The van der Waals surface area contributed by atoms with E-state index in [1.165, 1.54) is 0 Å². The topological polar surface area (TPSA) is 44.8 Å². The number of carbonyl (C=O) groups is 1. The van der Waals surface area contributed by atoms with Gasteiger partial charge in [0.2, 0.25) is 0 Å². The van der Waals surface area contributed by atoms with Crippen molar-refractivity contribution >= 4 is 14.8 Å². The molecule has 14 heavy (non-hydrogen) atoms. The maximum absolute atomic E-state index is 12.7. The number of alkyl halides is 1. The molecule has 0 aromatic carbocycles. The van der Waals surface area contributed by atoms with Crippen LogP contribution in [0.1, 0.15) is 13.8 Å². The highest BCUT2D eigenvalue weighted by molar-refractivity contribution is 6.62. The molecule has 0 aromatic heterocycles. The summed E-state index contributed by atoms with van der Waals surface area (Å²) in [4.78, 5) is 10.9. The molecular weight excluding hydrogens is 207 g/mol. The Labute approximate surface area is 84.0 Å². The van der Waals surface area contributed by atoms with Crippen LogP contribution in [0.4, 0.5) is 4.39 Å². The second-order valence-electron chi connectivity index (χ2n) is 2.31. The van der Waals surface area contributed by atoms with Crippen molar-refractivity contribution < 1.29 is 22.5 Å². The zero-order chi connectivity index (χ0) is 11.0. The lowest BCUT2D eigenvalue weighted by atomic mass is 10.7. The van der Waals surface area contributed by atoms with Crippen molar-refractivity contribution in [2.24, 2.45) is 0 Å². The summed E-state index contributed by atoms with van der Waals surface area (Å²) in [5.74, 6) is -0.726. The van der Waals surface area contributed by atoms with Gasteiger partial charge in [-0.15, -0.1) is 0 Å². The van der Waals surface area contributed by atoms with E-state index in [-0.39, 0.29) is 13.2 Å². The summed E-state index contributed by atoms with van der Waals surface area (Å²) in [6.45, 7) is 7.04. The van der Waals surface area contributed by atoms with Gasteiger partial charge >= 0.3 is 14.8 Å². The molecule has 0 unspecified atom stereocenters. The van der Waals surface area contributed by atoms with Gasteiger partial charge in [0.15, 0.2) is 6.30 Å². The Morgan fingerprint density at radius 1 is 1.43 bits per heavy atom. The molecule has 0 aliphatic heterocycles. The van der Waals surface area contributed by atoms with Crippen LogP contribution in [0, 0.1) is 0 Å². The molecule has 0 N–H and O–H groups in total. The van der Waals surface area contributed by atoms with Crippen LogP contribution in [-0.2, 0) is 18.1 Å². The minimum absolute atomic E-state index is 0.237. The zero-order valence-electron chi connectivity index (χ0n) is 8.42. The third-order valence-corrected chi connectivity index (χ3v) is 3.61. The molecule has 0 atom stereocenters. The zero-order valence-corrected chi connectivity index (χ0v) is 9.42. The molecule has 0 radical (unpaired) electrons. The maximum Gasteiger partial charge on any atom is 0.601 e. The fourth-order valence-electron chi connectivity index (χ4n) is 0.840. The first-order chi connectivity index (χ1) is 6.64. The first-order valence-corrected chi connectivity index (χ1v) is 6.26. The van der Waals surface area contributed by atoms with Gasteiger partial charge in [-0.05, 0) is 13.8 Å². The number of halogens is 1. The largest absolute Gasteiger partial charge is 0.601 e. The van der Waals surface area contributed by atoms with Gasteiger partial charge in [-0.25, -0.2) is 9.18 Å². The van der Waals surface area contributed by atoms with Gasteiger partial charge in [-0.2, -0.15) is 0 Å². The van der Waals surface area contributed by atoms with Crippen LogP contribution < -0.4 is 0 Å². The Balaban J connectivity index is 4.46. The van der Waals surface area contributed by atoms with E-state index in [2.05, 4.69) is 6.58 Å². The number of hydrogen-bond donors (Lipinski definition) is 0. The standard InChI is InChI=1S/C8H15FO4Si/c1-4-8(10)13-14(7-9,11-5-2)12-6-3/h4H,1,5-7H2,2-3H3. The van der Waals surface area contributed by atoms with Gasteiger partial charge in [-0.1, -0.05) is 6.58 Å². The van der Waals surface area contributed by atoms with E-state index >= 15 is 0 Å². The molecule has 0 amide bonds. The average molecular weight is 222 g/mol. The highest BCUT2D eigenvalue weighted by Gasteiger charge is 2.45. The van der Waals surface area contributed by atoms with Gasteiger partial charge in [0.05, 0.1) is 0 Å². The Hall–Kier alpha value is -0.723. The Kier molecular flexibility index (Phi) is 6.34. The number of hydrogen-bond acceptors (Lipinski definition) is 4. The summed E-state index contributed by atoms with van der Waals surface area (Å²) in [5.41, 5.74) is 0. The summed E-state index contributed by atoms with van der Waals surface area (Å²) >= 11 is 0. The third kappa shape index (κ3) is 3.99. The van der Waals surface area contributed by atoms with Crippen LogP contribution in [0.3, 0.4) is 0 Å². The van der Waals surface area contributed by atoms with Gasteiger partial charge in [0, 0.05) is 19.3 Å². The van der Waals surface area contributed by atoms with Crippen LogP contribution in [-0.4, -0.2) is 34.3 Å². The van der Waals surface area contributed by atoms with Crippen LogP contribution in [0.15, 0.2) is 12.7 Å². The third-order valence-electron chi connectivity index (χ3n) is 1.31. The molecule has 0 spiro atoms. The van der Waals surface area contributed by atoms with Crippen molar-refractivity contribution in [1.29, 1.82) is 0 Å².